The van der Waals surface area contributed by atoms with E-state index < -0.39 is 0 Å². The third kappa shape index (κ3) is 17.4. The molecule has 3 aliphatic heterocycles. The number of benzene rings is 3. The van der Waals surface area contributed by atoms with Gasteiger partial charge in [-0.2, -0.15) is 0 Å². The Bertz CT molecular complexity index is 986. The van der Waals surface area contributed by atoms with Crippen molar-refractivity contribution in [2.24, 2.45) is 0 Å². The zero-order valence-corrected chi connectivity index (χ0v) is 25.8. The fourth-order valence-electron chi connectivity index (χ4n) is 3.00. The summed E-state index contributed by atoms with van der Waals surface area (Å²) in [5.41, 5.74) is 2.36. The smallest absolute Gasteiger partial charge is 0.122 e. The first-order valence-corrected chi connectivity index (χ1v) is 14.9. The second-order valence-corrected chi connectivity index (χ2v) is 10.1. The summed E-state index contributed by atoms with van der Waals surface area (Å²) in [7, 11) is 0. The van der Waals surface area contributed by atoms with Crippen molar-refractivity contribution in [2.75, 3.05) is 39.6 Å². The molecule has 226 valence electrons. The first-order valence-electron chi connectivity index (χ1n) is 14.9. The van der Waals surface area contributed by atoms with E-state index in [0.29, 0.717) is 38.1 Å². The number of para-hydroxylation sites is 3. The third-order valence-corrected chi connectivity index (χ3v) is 5.42. The SMILES string of the molecule is CCC.CCC.Cc1ccccc1OCC1CO1.Cc1ccccc1OCC1CO1.c1ccc(OCC2CO2)cc1. The maximum atomic E-state index is 5.54. The predicted octanol–water partition coefficient (Wildman–Crippen LogP) is 7.84. The number of hydrogen-bond acceptors (Lipinski definition) is 6. The van der Waals surface area contributed by atoms with Crippen LogP contribution in [-0.4, -0.2) is 58.0 Å². The summed E-state index contributed by atoms with van der Waals surface area (Å²) in [5.74, 6) is 2.85. The van der Waals surface area contributed by atoms with Crippen molar-refractivity contribution in [2.45, 2.75) is 72.7 Å². The topological polar surface area (TPSA) is 65.3 Å². The van der Waals surface area contributed by atoms with E-state index in [1.807, 2.05) is 92.7 Å². The van der Waals surface area contributed by atoms with E-state index in [1.54, 1.807) is 0 Å². The lowest BCUT2D eigenvalue weighted by Gasteiger charge is -2.06. The fourth-order valence-corrected chi connectivity index (χ4v) is 3.00. The van der Waals surface area contributed by atoms with E-state index in [1.165, 1.54) is 24.0 Å². The number of aryl methyl sites for hydroxylation is 2. The highest BCUT2D eigenvalue weighted by atomic mass is 16.6. The van der Waals surface area contributed by atoms with Crippen molar-refractivity contribution < 1.29 is 28.4 Å². The molecule has 0 saturated carbocycles. The molecule has 41 heavy (non-hydrogen) atoms. The van der Waals surface area contributed by atoms with Crippen LogP contribution in [0.3, 0.4) is 0 Å². The molecule has 3 heterocycles. The molecule has 6 heteroatoms. The van der Waals surface area contributed by atoms with Crippen molar-refractivity contribution >= 4 is 0 Å². The van der Waals surface area contributed by atoms with Gasteiger partial charge < -0.3 is 28.4 Å². The molecule has 0 N–H and O–H groups in total. The summed E-state index contributed by atoms with van der Waals surface area (Å²) >= 11 is 0. The summed E-state index contributed by atoms with van der Waals surface area (Å²) in [6.45, 7) is 17.2. The molecule has 3 saturated heterocycles. The van der Waals surface area contributed by atoms with Gasteiger partial charge in [-0.15, -0.1) is 0 Å². The number of rotatable bonds is 9. The van der Waals surface area contributed by atoms with Crippen molar-refractivity contribution in [3.63, 3.8) is 0 Å². The van der Waals surface area contributed by atoms with Crippen LogP contribution in [0.5, 0.6) is 17.2 Å². The zero-order chi connectivity index (χ0) is 29.7. The molecule has 0 radical (unpaired) electrons. The maximum Gasteiger partial charge on any atom is 0.122 e. The average Bonchev–Trinajstić information content (AvgIpc) is 3.83. The lowest BCUT2D eigenvalue weighted by Crippen LogP contribution is -2.04. The van der Waals surface area contributed by atoms with Gasteiger partial charge in [0.15, 0.2) is 0 Å². The van der Waals surface area contributed by atoms with Crippen molar-refractivity contribution in [3.05, 3.63) is 90.0 Å². The number of hydrogen-bond donors (Lipinski definition) is 0. The van der Waals surface area contributed by atoms with E-state index in [-0.39, 0.29) is 0 Å². The normalized spacial score (nSPS) is 18.6. The summed E-state index contributed by atoms with van der Waals surface area (Å²) in [6, 6.07) is 25.8. The number of ether oxygens (including phenoxy) is 6. The zero-order valence-electron chi connectivity index (χ0n) is 25.8. The van der Waals surface area contributed by atoms with Crippen molar-refractivity contribution in [3.8, 4) is 17.2 Å². The summed E-state index contributed by atoms with van der Waals surface area (Å²) in [4.78, 5) is 0. The maximum absolute atomic E-state index is 5.54. The molecular formula is C35H50O6. The van der Waals surface area contributed by atoms with Crippen LogP contribution in [0.25, 0.3) is 0 Å². The van der Waals surface area contributed by atoms with Crippen LogP contribution < -0.4 is 14.2 Å². The fraction of sp³-hybridized carbons (Fsp3) is 0.486. The summed E-state index contributed by atoms with van der Waals surface area (Å²) in [5, 5.41) is 0. The van der Waals surface area contributed by atoms with Gasteiger partial charge in [0.25, 0.3) is 0 Å². The monoisotopic (exact) mass is 566 g/mol. The molecule has 6 nitrogen and oxygen atoms in total. The second kappa shape index (κ2) is 20.8. The standard InChI is InChI=1S/2C10H12O2.C9H10O2.2C3H8/c2*1-8-4-2-3-5-10(8)12-7-9-6-11-9;1-2-4-8(5-3-1)10-6-9-7-11-9;2*1-3-2/h2*2-5,9H,6-7H2,1H3;1-5,9H,6-7H2;2*3H2,1-2H3. The summed E-state index contributed by atoms with van der Waals surface area (Å²) in [6.07, 6.45) is 3.52. The van der Waals surface area contributed by atoms with Gasteiger partial charge in [-0.1, -0.05) is 95.1 Å². The van der Waals surface area contributed by atoms with Gasteiger partial charge >= 0.3 is 0 Å². The molecule has 0 amide bonds. The third-order valence-electron chi connectivity index (χ3n) is 5.42. The Morgan fingerprint density at radius 3 is 1.17 bits per heavy atom. The van der Waals surface area contributed by atoms with Crippen LogP contribution in [0.4, 0.5) is 0 Å². The van der Waals surface area contributed by atoms with Gasteiger partial charge in [-0.25, -0.2) is 0 Å². The van der Waals surface area contributed by atoms with Crippen LogP contribution in [-0.2, 0) is 14.2 Å². The van der Waals surface area contributed by atoms with Gasteiger partial charge in [-0.05, 0) is 49.2 Å². The minimum Gasteiger partial charge on any atom is -0.491 e. The Morgan fingerprint density at radius 1 is 0.512 bits per heavy atom. The van der Waals surface area contributed by atoms with E-state index >= 15 is 0 Å². The minimum absolute atomic E-state index is 0.338. The molecule has 3 unspecified atom stereocenters. The molecule has 0 spiro atoms. The van der Waals surface area contributed by atoms with E-state index in [2.05, 4.69) is 27.7 Å². The largest absolute Gasteiger partial charge is 0.491 e. The average molecular weight is 567 g/mol. The molecule has 0 aliphatic carbocycles. The highest BCUT2D eigenvalue weighted by molar-refractivity contribution is 5.32. The molecule has 6 rings (SSSR count). The van der Waals surface area contributed by atoms with Gasteiger partial charge in [0.1, 0.15) is 55.4 Å². The number of epoxide rings is 3. The Balaban J connectivity index is 0.000000196. The molecular weight excluding hydrogens is 516 g/mol. The molecule has 3 aliphatic rings. The van der Waals surface area contributed by atoms with E-state index in [9.17, 15) is 0 Å². The quantitative estimate of drug-likeness (QED) is 0.246. The van der Waals surface area contributed by atoms with Gasteiger partial charge in [0.2, 0.25) is 0 Å². The van der Waals surface area contributed by atoms with Crippen LogP contribution in [0.15, 0.2) is 78.9 Å². The molecule has 3 aromatic rings. The van der Waals surface area contributed by atoms with Crippen LogP contribution in [0.1, 0.15) is 51.7 Å². The predicted molar refractivity (Wildman–Crippen MR) is 166 cm³/mol. The minimum atomic E-state index is 0.338. The molecule has 3 atom stereocenters. The highest BCUT2D eigenvalue weighted by Crippen LogP contribution is 2.19. The Kier molecular flexibility index (Phi) is 17.3. The summed E-state index contributed by atoms with van der Waals surface area (Å²) < 4.78 is 31.6. The van der Waals surface area contributed by atoms with Crippen LogP contribution in [0.2, 0.25) is 0 Å². The van der Waals surface area contributed by atoms with Crippen molar-refractivity contribution in [1.82, 2.24) is 0 Å². The van der Waals surface area contributed by atoms with Crippen LogP contribution >= 0.6 is 0 Å². The Hall–Kier alpha value is -3.06. The van der Waals surface area contributed by atoms with E-state index in [0.717, 1.165) is 37.1 Å². The molecule has 3 aromatic carbocycles. The highest BCUT2D eigenvalue weighted by Gasteiger charge is 2.24. The molecule has 0 aromatic heterocycles. The first-order chi connectivity index (χ1) is 20.0. The Morgan fingerprint density at radius 2 is 0.829 bits per heavy atom. The lowest BCUT2D eigenvalue weighted by atomic mass is 10.2. The lowest BCUT2D eigenvalue weighted by molar-refractivity contribution is 0.262. The van der Waals surface area contributed by atoms with E-state index in [4.69, 9.17) is 28.4 Å². The molecule has 3 fully saturated rings. The van der Waals surface area contributed by atoms with Crippen molar-refractivity contribution in [1.29, 1.82) is 0 Å². The molecule has 0 bridgehead atoms. The Labute approximate surface area is 247 Å². The van der Waals surface area contributed by atoms with Gasteiger partial charge in [0.05, 0.1) is 19.8 Å². The second-order valence-electron chi connectivity index (χ2n) is 10.1. The van der Waals surface area contributed by atoms with Gasteiger partial charge in [0, 0.05) is 0 Å². The van der Waals surface area contributed by atoms with Crippen LogP contribution in [0, 0.1) is 13.8 Å². The first kappa shape index (κ1) is 34.1. The van der Waals surface area contributed by atoms with Gasteiger partial charge in [-0.3, -0.25) is 0 Å².